The molecule has 10 heavy (non-hydrogen) atoms. The molecule has 0 heterocycles. The smallest absolute Gasteiger partial charge is 0.436 e. The van der Waals surface area contributed by atoms with E-state index in [4.69, 9.17) is 0 Å². The molecule has 0 aliphatic carbocycles. The predicted octanol–water partition coefficient (Wildman–Crippen LogP) is 0.179. The van der Waals surface area contributed by atoms with Crippen LogP contribution in [-0.4, -0.2) is 19.2 Å². The third kappa shape index (κ3) is 4.85. The molecular formula is C4H6O6. The van der Waals surface area contributed by atoms with Crippen LogP contribution in [0, 0.1) is 0 Å². The standard InChI is InChI=1S/C4H6O6/c1-3(5)8-10-9-4(6)7-2/h1-2H3. The lowest BCUT2D eigenvalue weighted by atomic mass is 10.9. The second-order valence-corrected chi connectivity index (χ2v) is 1.18. The lowest BCUT2D eigenvalue weighted by Crippen LogP contribution is -2.07. The molecule has 0 aromatic heterocycles. The van der Waals surface area contributed by atoms with Gasteiger partial charge >= 0.3 is 12.1 Å². The van der Waals surface area contributed by atoms with Gasteiger partial charge in [-0.05, 0) is 0 Å². The van der Waals surface area contributed by atoms with E-state index in [1.54, 1.807) is 0 Å². The quantitative estimate of drug-likeness (QED) is 0.317. The predicted molar refractivity (Wildman–Crippen MR) is 26.3 cm³/mol. The number of rotatable bonds is 2. The fraction of sp³-hybridized carbons (Fsp3) is 0.500. The van der Waals surface area contributed by atoms with Crippen molar-refractivity contribution in [1.82, 2.24) is 0 Å². The summed E-state index contributed by atoms with van der Waals surface area (Å²) in [6, 6.07) is 0. The molecule has 0 bridgehead atoms. The third-order valence-corrected chi connectivity index (χ3v) is 0.420. The van der Waals surface area contributed by atoms with Crippen LogP contribution in [0.2, 0.25) is 0 Å². The summed E-state index contributed by atoms with van der Waals surface area (Å²) in [5.41, 5.74) is 0. The molecule has 0 saturated carbocycles. The van der Waals surface area contributed by atoms with Crippen molar-refractivity contribution in [3.63, 3.8) is 0 Å². The summed E-state index contributed by atoms with van der Waals surface area (Å²) in [6.45, 7) is 1.08. The van der Waals surface area contributed by atoms with E-state index in [1.807, 2.05) is 0 Å². The molecule has 0 fully saturated rings. The van der Waals surface area contributed by atoms with Crippen LogP contribution < -0.4 is 0 Å². The van der Waals surface area contributed by atoms with Crippen molar-refractivity contribution in [1.29, 1.82) is 0 Å². The zero-order chi connectivity index (χ0) is 7.98. The summed E-state index contributed by atoms with van der Waals surface area (Å²) in [5.74, 6) is -0.732. The molecule has 0 saturated heterocycles. The Morgan fingerprint density at radius 2 is 1.80 bits per heavy atom. The highest BCUT2D eigenvalue weighted by molar-refractivity contribution is 5.65. The third-order valence-electron chi connectivity index (χ3n) is 0.420. The lowest BCUT2D eigenvalue weighted by Gasteiger charge is -1.96. The molecule has 0 rings (SSSR count). The van der Waals surface area contributed by atoms with Gasteiger partial charge in [0.15, 0.2) is 0 Å². The molecule has 6 heteroatoms. The summed E-state index contributed by atoms with van der Waals surface area (Å²) in [5, 5.41) is 3.62. The minimum atomic E-state index is -1.10. The zero-order valence-electron chi connectivity index (χ0n) is 5.45. The second kappa shape index (κ2) is 4.57. The van der Waals surface area contributed by atoms with E-state index in [0.717, 1.165) is 14.0 Å². The summed E-state index contributed by atoms with van der Waals surface area (Å²) >= 11 is 0. The first-order valence-electron chi connectivity index (χ1n) is 2.26. The molecule has 0 aromatic rings. The van der Waals surface area contributed by atoms with Crippen molar-refractivity contribution in [3.8, 4) is 0 Å². The summed E-state index contributed by atoms with van der Waals surface area (Å²) < 4.78 is 3.95. The number of hydrogen-bond donors (Lipinski definition) is 0. The number of ether oxygens (including phenoxy) is 1. The fourth-order valence-corrected chi connectivity index (χ4v) is 0.127. The summed E-state index contributed by atoms with van der Waals surface area (Å²) in [6.07, 6.45) is -1.10. The molecule has 0 aliphatic heterocycles. The molecule has 0 aromatic carbocycles. The maximum absolute atomic E-state index is 10.0. The topological polar surface area (TPSA) is 71.1 Å². The number of carbonyl (C=O) groups excluding carboxylic acids is 2. The van der Waals surface area contributed by atoms with Crippen molar-refractivity contribution in [2.75, 3.05) is 7.11 Å². The Morgan fingerprint density at radius 3 is 2.20 bits per heavy atom. The Hall–Kier alpha value is -1.30. The van der Waals surface area contributed by atoms with Gasteiger partial charge in [-0.2, -0.15) is 0 Å². The molecular weight excluding hydrogens is 144 g/mol. The lowest BCUT2D eigenvalue weighted by molar-refractivity contribution is -0.457. The minimum absolute atomic E-state index is 0.732. The molecule has 0 N–H and O–H groups in total. The summed E-state index contributed by atoms with van der Waals surface area (Å²) in [4.78, 5) is 27.4. The highest BCUT2D eigenvalue weighted by Gasteiger charge is 2.02. The van der Waals surface area contributed by atoms with E-state index < -0.39 is 12.1 Å². The van der Waals surface area contributed by atoms with Gasteiger partial charge in [-0.25, -0.2) is 14.5 Å². The van der Waals surface area contributed by atoms with Gasteiger partial charge in [-0.1, -0.05) is 0 Å². The van der Waals surface area contributed by atoms with E-state index in [2.05, 4.69) is 19.6 Å². The van der Waals surface area contributed by atoms with Crippen molar-refractivity contribution in [3.05, 3.63) is 0 Å². The molecule has 0 radical (unpaired) electrons. The van der Waals surface area contributed by atoms with Crippen molar-refractivity contribution in [2.45, 2.75) is 6.92 Å². The Morgan fingerprint density at radius 1 is 1.20 bits per heavy atom. The van der Waals surface area contributed by atoms with Gasteiger partial charge in [-0.15, -0.1) is 0 Å². The van der Waals surface area contributed by atoms with Crippen molar-refractivity contribution < 1.29 is 29.1 Å². The molecule has 0 unspecified atom stereocenters. The average molecular weight is 150 g/mol. The first-order chi connectivity index (χ1) is 4.66. The number of methoxy groups -OCH3 is 1. The Labute approximate surface area is 56.5 Å². The SMILES string of the molecule is COC(=O)OOOC(C)=O. The van der Waals surface area contributed by atoms with Gasteiger partial charge in [0.1, 0.15) is 0 Å². The monoisotopic (exact) mass is 150 g/mol. The highest BCUT2D eigenvalue weighted by Crippen LogP contribution is 1.85. The van der Waals surface area contributed by atoms with Crippen LogP contribution in [0.4, 0.5) is 4.79 Å². The van der Waals surface area contributed by atoms with Gasteiger partial charge in [0.2, 0.25) is 0 Å². The molecule has 0 atom stereocenters. The Balaban J connectivity index is 3.20. The zero-order valence-corrected chi connectivity index (χ0v) is 5.45. The first kappa shape index (κ1) is 8.70. The first-order valence-corrected chi connectivity index (χ1v) is 2.26. The molecule has 0 amide bonds. The average Bonchev–Trinajstić information content (AvgIpc) is 1.87. The van der Waals surface area contributed by atoms with Gasteiger partial charge < -0.3 is 4.74 Å². The maximum atomic E-state index is 10.0. The van der Waals surface area contributed by atoms with Crippen LogP contribution in [0.1, 0.15) is 6.92 Å². The Bertz CT molecular complexity index is 130. The van der Waals surface area contributed by atoms with Gasteiger partial charge in [-0.3, -0.25) is 4.89 Å². The molecule has 6 nitrogen and oxygen atoms in total. The van der Waals surface area contributed by atoms with Gasteiger partial charge in [0, 0.05) is 12.0 Å². The number of carbonyl (C=O) groups is 2. The van der Waals surface area contributed by atoms with Crippen LogP contribution in [-0.2, 0) is 24.3 Å². The van der Waals surface area contributed by atoms with Crippen LogP contribution in [0.3, 0.4) is 0 Å². The van der Waals surface area contributed by atoms with Gasteiger partial charge in [0.25, 0.3) is 0 Å². The highest BCUT2D eigenvalue weighted by atomic mass is 17.5. The van der Waals surface area contributed by atoms with E-state index in [9.17, 15) is 9.59 Å². The molecule has 0 aliphatic rings. The van der Waals surface area contributed by atoms with Crippen molar-refractivity contribution in [2.24, 2.45) is 0 Å². The van der Waals surface area contributed by atoms with Crippen LogP contribution in [0.25, 0.3) is 0 Å². The van der Waals surface area contributed by atoms with E-state index in [-0.39, 0.29) is 0 Å². The maximum Gasteiger partial charge on any atom is 0.543 e. The number of hydrogen-bond acceptors (Lipinski definition) is 6. The largest absolute Gasteiger partial charge is 0.543 e. The minimum Gasteiger partial charge on any atom is -0.436 e. The van der Waals surface area contributed by atoms with Crippen LogP contribution in [0.5, 0.6) is 0 Å². The normalized spacial score (nSPS) is 8.20. The molecule has 58 valence electrons. The van der Waals surface area contributed by atoms with Gasteiger partial charge in [0.05, 0.1) is 7.11 Å². The van der Waals surface area contributed by atoms with Crippen LogP contribution in [0.15, 0.2) is 0 Å². The van der Waals surface area contributed by atoms with E-state index >= 15 is 0 Å². The van der Waals surface area contributed by atoms with Crippen molar-refractivity contribution >= 4 is 12.1 Å². The fourth-order valence-electron chi connectivity index (χ4n) is 0.127. The Kier molecular flexibility index (Phi) is 3.97. The van der Waals surface area contributed by atoms with E-state index in [1.165, 1.54) is 0 Å². The summed E-state index contributed by atoms with van der Waals surface area (Å²) in [7, 11) is 1.08. The molecule has 0 spiro atoms. The van der Waals surface area contributed by atoms with Crippen LogP contribution >= 0.6 is 0 Å². The van der Waals surface area contributed by atoms with E-state index in [0.29, 0.717) is 0 Å². The second-order valence-electron chi connectivity index (χ2n) is 1.18.